The highest BCUT2D eigenvalue weighted by atomic mass is 19.3. The highest BCUT2D eigenvalue weighted by Crippen LogP contribution is 2.24. The number of alkyl halides is 3. The lowest BCUT2D eigenvalue weighted by atomic mass is 10.2. The van der Waals surface area contributed by atoms with Crippen LogP contribution in [0.4, 0.5) is 19.0 Å². The van der Waals surface area contributed by atoms with Gasteiger partial charge in [-0.25, -0.2) is 19.0 Å². The zero-order valence-electron chi connectivity index (χ0n) is 15.6. The molecule has 1 aliphatic rings. The molecule has 0 aromatic carbocycles. The average Bonchev–Trinajstić information content (AvgIpc) is 3.48. The first-order valence-electron chi connectivity index (χ1n) is 9.33. The molecule has 154 valence electrons. The fourth-order valence-corrected chi connectivity index (χ4v) is 3.44. The molecule has 0 spiro atoms. The Hall–Kier alpha value is -3.47. The van der Waals surface area contributed by atoms with E-state index < -0.39 is 12.7 Å². The number of nitrogens with zero attached hydrogens (tertiary/aromatic N) is 6. The first-order chi connectivity index (χ1) is 14.6. The average molecular weight is 414 g/mol. The van der Waals surface area contributed by atoms with Crippen LogP contribution in [0.1, 0.15) is 6.55 Å². The molecule has 5 rings (SSSR count). The molecule has 8 nitrogen and oxygen atoms in total. The number of nitrogens with one attached hydrogen (secondary N) is 2. The maximum Gasteiger partial charge on any atom is 0.333 e. The van der Waals surface area contributed by atoms with Crippen LogP contribution in [0.15, 0.2) is 49.2 Å². The molecule has 0 aliphatic carbocycles. The number of aromatic nitrogens is 6. The van der Waals surface area contributed by atoms with E-state index in [1.54, 1.807) is 29.1 Å². The number of anilines is 1. The summed E-state index contributed by atoms with van der Waals surface area (Å²) < 4.78 is 41.9. The van der Waals surface area contributed by atoms with Gasteiger partial charge in [-0.2, -0.15) is 13.9 Å². The Morgan fingerprint density at radius 1 is 1.07 bits per heavy atom. The summed E-state index contributed by atoms with van der Waals surface area (Å²) >= 11 is 0. The van der Waals surface area contributed by atoms with Crippen LogP contribution < -0.4 is 10.6 Å². The van der Waals surface area contributed by atoms with Crippen molar-refractivity contribution >= 4 is 11.5 Å². The third kappa shape index (κ3) is 3.36. The van der Waals surface area contributed by atoms with E-state index in [2.05, 4.69) is 30.7 Å². The lowest BCUT2D eigenvalue weighted by Crippen LogP contribution is -2.29. The molecule has 0 unspecified atom stereocenters. The molecule has 0 saturated carbocycles. The van der Waals surface area contributed by atoms with Crippen molar-refractivity contribution in [3.8, 4) is 22.6 Å². The van der Waals surface area contributed by atoms with Crippen molar-refractivity contribution in [1.29, 1.82) is 0 Å². The molecule has 1 saturated heterocycles. The summed E-state index contributed by atoms with van der Waals surface area (Å²) in [6.45, 7) is -1.86. The van der Waals surface area contributed by atoms with Gasteiger partial charge >= 0.3 is 6.55 Å². The van der Waals surface area contributed by atoms with E-state index in [4.69, 9.17) is 0 Å². The molecule has 1 fully saturated rings. The maximum absolute atomic E-state index is 13.9. The van der Waals surface area contributed by atoms with E-state index in [-0.39, 0.29) is 6.04 Å². The van der Waals surface area contributed by atoms with E-state index in [1.165, 1.54) is 12.4 Å². The molecule has 2 N–H and O–H groups in total. The second-order valence-corrected chi connectivity index (χ2v) is 6.96. The Bertz CT molecular complexity index is 1190. The highest BCUT2D eigenvalue weighted by molar-refractivity contribution is 5.64. The van der Waals surface area contributed by atoms with Crippen LogP contribution >= 0.6 is 0 Å². The molecular weight excluding hydrogens is 397 g/mol. The molecule has 4 aromatic rings. The van der Waals surface area contributed by atoms with Crippen LogP contribution in [0.5, 0.6) is 0 Å². The van der Waals surface area contributed by atoms with Gasteiger partial charge in [-0.05, 0) is 12.1 Å². The number of hydrogen-bond donors (Lipinski definition) is 2. The van der Waals surface area contributed by atoms with E-state index in [1.807, 2.05) is 12.1 Å². The number of hydrogen-bond acceptors (Lipinski definition) is 6. The molecule has 0 bridgehead atoms. The lowest BCUT2D eigenvalue weighted by molar-refractivity contribution is 0.0566. The molecule has 2 atom stereocenters. The van der Waals surface area contributed by atoms with Crippen LogP contribution in [0.25, 0.3) is 28.3 Å². The summed E-state index contributed by atoms with van der Waals surface area (Å²) in [5.74, 6) is 0.561. The van der Waals surface area contributed by atoms with Crippen molar-refractivity contribution in [2.24, 2.45) is 0 Å². The number of fused-ring (bicyclic) bond motifs is 1. The maximum atomic E-state index is 13.9. The van der Waals surface area contributed by atoms with Gasteiger partial charge in [0.15, 0.2) is 5.65 Å². The summed E-state index contributed by atoms with van der Waals surface area (Å²) in [7, 11) is 0. The zero-order valence-corrected chi connectivity index (χ0v) is 15.6. The Kier molecular flexibility index (Phi) is 4.58. The van der Waals surface area contributed by atoms with Gasteiger partial charge in [0.25, 0.3) is 0 Å². The predicted molar refractivity (Wildman–Crippen MR) is 104 cm³/mol. The fourth-order valence-electron chi connectivity index (χ4n) is 3.44. The Labute approximate surface area is 168 Å². The normalized spacial score (nSPS) is 19.1. The largest absolute Gasteiger partial charge is 0.363 e. The summed E-state index contributed by atoms with van der Waals surface area (Å²) in [4.78, 5) is 13.2. The monoisotopic (exact) mass is 414 g/mol. The highest BCUT2D eigenvalue weighted by Gasteiger charge is 2.26. The van der Waals surface area contributed by atoms with Crippen LogP contribution in [0.2, 0.25) is 0 Å². The van der Waals surface area contributed by atoms with E-state index in [9.17, 15) is 13.2 Å². The van der Waals surface area contributed by atoms with Gasteiger partial charge in [0.05, 0.1) is 41.7 Å². The molecule has 1 aliphatic heterocycles. The summed E-state index contributed by atoms with van der Waals surface area (Å²) in [5.41, 5.74) is 2.84. The second-order valence-electron chi connectivity index (χ2n) is 6.96. The topological polar surface area (TPSA) is 85.0 Å². The van der Waals surface area contributed by atoms with E-state index in [0.29, 0.717) is 51.9 Å². The van der Waals surface area contributed by atoms with Gasteiger partial charge in [0.1, 0.15) is 12.0 Å². The number of imidazole rings is 1. The molecule has 4 aromatic heterocycles. The van der Waals surface area contributed by atoms with Gasteiger partial charge in [0.2, 0.25) is 0 Å². The summed E-state index contributed by atoms with van der Waals surface area (Å²) in [5, 5.41) is 9.77. The number of pyridine rings is 1. The van der Waals surface area contributed by atoms with Crippen LogP contribution in [-0.2, 0) is 0 Å². The molecule has 0 amide bonds. The Balaban J connectivity index is 1.49. The Morgan fingerprint density at radius 2 is 1.97 bits per heavy atom. The van der Waals surface area contributed by atoms with Gasteiger partial charge in [0, 0.05) is 31.0 Å². The van der Waals surface area contributed by atoms with Crippen molar-refractivity contribution in [3.05, 3.63) is 49.2 Å². The SMILES string of the molecule is FC(F)n1cc(-c2cn3c(-c4cccc(N[C@H]5CNC[C@@H]5F)n4)cnc3cn2)cn1. The fraction of sp³-hybridized carbons (Fsp3) is 0.263. The van der Waals surface area contributed by atoms with Gasteiger partial charge in [-0.1, -0.05) is 6.07 Å². The third-order valence-electron chi connectivity index (χ3n) is 4.98. The summed E-state index contributed by atoms with van der Waals surface area (Å²) in [6, 6.07) is 5.10. The van der Waals surface area contributed by atoms with Crippen molar-refractivity contribution in [2.75, 3.05) is 18.4 Å². The van der Waals surface area contributed by atoms with Crippen molar-refractivity contribution in [3.63, 3.8) is 0 Å². The van der Waals surface area contributed by atoms with Crippen LogP contribution in [0.3, 0.4) is 0 Å². The minimum absolute atomic E-state index is 0.322. The number of rotatable bonds is 5. The number of halogens is 3. The van der Waals surface area contributed by atoms with Crippen molar-refractivity contribution < 1.29 is 13.2 Å². The van der Waals surface area contributed by atoms with Crippen LogP contribution in [0, 0.1) is 0 Å². The smallest absolute Gasteiger partial charge is 0.333 e. The molecule has 5 heterocycles. The lowest BCUT2D eigenvalue weighted by Gasteiger charge is -2.15. The van der Waals surface area contributed by atoms with Crippen molar-refractivity contribution in [1.82, 2.24) is 34.4 Å². The van der Waals surface area contributed by atoms with Gasteiger partial charge < -0.3 is 10.6 Å². The first kappa shape index (κ1) is 18.6. The van der Waals surface area contributed by atoms with E-state index >= 15 is 0 Å². The van der Waals surface area contributed by atoms with E-state index in [0.717, 1.165) is 0 Å². The zero-order chi connectivity index (χ0) is 20.7. The molecular formula is C19H17F3N8. The van der Waals surface area contributed by atoms with Crippen molar-refractivity contribution in [2.45, 2.75) is 18.8 Å². The molecule has 30 heavy (non-hydrogen) atoms. The first-order valence-corrected chi connectivity index (χ1v) is 9.33. The second kappa shape index (κ2) is 7.41. The van der Waals surface area contributed by atoms with Gasteiger partial charge in [-0.15, -0.1) is 0 Å². The third-order valence-corrected chi connectivity index (χ3v) is 4.98. The quantitative estimate of drug-likeness (QED) is 0.523. The van der Waals surface area contributed by atoms with Gasteiger partial charge in [-0.3, -0.25) is 9.38 Å². The summed E-state index contributed by atoms with van der Waals surface area (Å²) in [6.07, 6.45) is 6.51. The molecule has 11 heteroatoms. The minimum Gasteiger partial charge on any atom is -0.363 e. The Morgan fingerprint density at radius 3 is 2.73 bits per heavy atom. The predicted octanol–water partition coefficient (Wildman–Crippen LogP) is 2.77. The standard InChI is InChI=1S/C19H17F3N8/c20-12-5-23-6-14(12)28-17-3-1-2-13(27-17)16-7-25-18-8-24-15(10-29(16)18)11-4-26-30(9-11)19(21)22/h1-4,7-10,12,14,19,23H,5-6H2,(H,27,28)/t12-,14-/m0/s1. The minimum atomic E-state index is -2.72. The molecule has 0 radical (unpaired) electrons. The van der Waals surface area contributed by atoms with Crippen LogP contribution in [-0.4, -0.2) is 54.4 Å².